The second kappa shape index (κ2) is 8.89. The van der Waals surface area contributed by atoms with Crippen molar-refractivity contribution < 1.29 is 0 Å². The summed E-state index contributed by atoms with van der Waals surface area (Å²) in [7, 11) is 2.26. The predicted molar refractivity (Wildman–Crippen MR) is 80.1 cm³/mol. The van der Waals surface area contributed by atoms with Crippen LogP contribution in [0.1, 0.15) is 46.5 Å². The lowest BCUT2D eigenvalue weighted by atomic mass is 10.2. The molecule has 1 aliphatic rings. The molecular weight excluding hydrogens is 222 g/mol. The van der Waals surface area contributed by atoms with E-state index in [1.54, 1.807) is 0 Å². The average Bonchev–Trinajstić information content (AvgIpc) is 2.82. The van der Waals surface area contributed by atoms with E-state index in [0.29, 0.717) is 6.04 Å². The SMILES string of the molecule is CCC(CC)NCCN(C)CC1CCCN1CC. The lowest BCUT2D eigenvalue weighted by Gasteiger charge is -2.28. The second-order valence-corrected chi connectivity index (χ2v) is 5.65. The van der Waals surface area contributed by atoms with Gasteiger partial charge in [0.15, 0.2) is 0 Å². The Morgan fingerprint density at radius 1 is 1.28 bits per heavy atom. The van der Waals surface area contributed by atoms with Crippen molar-refractivity contribution in [2.24, 2.45) is 0 Å². The summed E-state index contributed by atoms with van der Waals surface area (Å²) in [6, 6.07) is 1.50. The Morgan fingerprint density at radius 2 is 2.00 bits per heavy atom. The quantitative estimate of drug-likeness (QED) is 0.681. The van der Waals surface area contributed by atoms with Crippen LogP contribution in [0.4, 0.5) is 0 Å². The van der Waals surface area contributed by atoms with Crippen LogP contribution >= 0.6 is 0 Å². The number of likely N-dealkylation sites (tertiary alicyclic amines) is 1. The first-order chi connectivity index (χ1) is 8.71. The summed E-state index contributed by atoms with van der Waals surface area (Å²) in [5.41, 5.74) is 0. The van der Waals surface area contributed by atoms with Crippen LogP contribution in [-0.2, 0) is 0 Å². The van der Waals surface area contributed by atoms with E-state index in [2.05, 4.69) is 42.9 Å². The molecule has 1 unspecified atom stereocenters. The maximum Gasteiger partial charge on any atom is 0.0223 e. The van der Waals surface area contributed by atoms with E-state index in [1.165, 1.54) is 51.9 Å². The highest BCUT2D eigenvalue weighted by molar-refractivity contribution is 4.80. The number of nitrogens with one attached hydrogen (secondary N) is 1. The van der Waals surface area contributed by atoms with E-state index in [9.17, 15) is 0 Å². The Hall–Kier alpha value is -0.120. The molecule has 18 heavy (non-hydrogen) atoms. The smallest absolute Gasteiger partial charge is 0.0223 e. The van der Waals surface area contributed by atoms with Crippen LogP contribution in [0.3, 0.4) is 0 Å². The van der Waals surface area contributed by atoms with Crippen molar-refractivity contribution in [3.63, 3.8) is 0 Å². The van der Waals surface area contributed by atoms with Gasteiger partial charge < -0.3 is 10.2 Å². The molecule has 1 atom stereocenters. The van der Waals surface area contributed by atoms with Crippen LogP contribution < -0.4 is 5.32 Å². The summed E-state index contributed by atoms with van der Waals surface area (Å²) in [6.07, 6.45) is 5.26. The fourth-order valence-electron chi connectivity index (χ4n) is 3.01. The van der Waals surface area contributed by atoms with Crippen molar-refractivity contribution in [1.82, 2.24) is 15.1 Å². The Morgan fingerprint density at radius 3 is 2.61 bits per heavy atom. The van der Waals surface area contributed by atoms with Gasteiger partial charge in [0, 0.05) is 31.7 Å². The van der Waals surface area contributed by atoms with Crippen LogP contribution in [0, 0.1) is 0 Å². The van der Waals surface area contributed by atoms with Crippen molar-refractivity contribution >= 4 is 0 Å². The highest BCUT2D eigenvalue weighted by Gasteiger charge is 2.23. The summed E-state index contributed by atoms with van der Waals surface area (Å²) in [5, 5.41) is 3.64. The van der Waals surface area contributed by atoms with E-state index in [1.807, 2.05) is 0 Å². The Kier molecular flexibility index (Phi) is 7.87. The Labute approximate surface area is 114 Å². The van der Waals surface area contributed by atoms with Gasteiger partial charge in [-0.25, -0.2) is 0 Å². The van der Waals surface area contributed by atoms with E-state index in [-0.39, 0.29) is 0 Å². The molecule has 0 spiro atoms. The highest BCUT2D eigenvalue weighted by atomic mass is 15.2. The van der Waals surface area contributed by atoms with E-state index >= 15 is 0 Å². The van der Waals surface area contributed by atoms with Gasteiger partial charge in [0.1, 0.15) is 0 Å². The number of nitrogens with zero attached hydrogens (tertiary/aromatic N) is 2. The minimum atomic E-state index is 0.706. The summed E-state index contributed by atoms with van der Waals surface area (Å²) < 4.78 is 0. The molecule has 1 saturated heterocycles. The first kappa shape index (κ1) is 15.9. The predicted octanol–water partition coefficient (Wildman–Crippen LogP) is 2.18. The van der Waals surface area contributed by atoms with Gasteiger partial charge in [-0.3, -0.25) is 4.90 Å². The minimum absolute atomic E-state index is 0.706. The molecule has 0 radical (unpaired) electrons. The zero-order chi connectivity index (χ0) is 13.4. The van der Waals surface area contributed by atoms with Crippen LogP contribution in [0.25, 0.3) is 0 Å². The normalized spacial score (nSPS) is 21.3. The summed E-state index contributed by atoms with van der Waals surface area (Å²) in [4.78, 5) is 5.12. The third kappa shape index (κ3) is 5.25. The van der Waals surface area contributed by atoms with Crippen molar-refractivity contribution in [1.29, 1.82) is 0 Å². The number of hydrogen-bond acceptors (Lipinski definition) is 3. The van der Waals surface area contributed by atoms with Crippen molar-refractivity contribution in [2.75, 3.05) is 39.8 Å². The topological polar surface area (TPSA) is 18.5 Å². The van der Waals surface area contributed by atoms with Crippen LogP contribution in [-0.4, -0.2) is 61.7 Å². The first-order valence-corrected chi connectivity index (χ1v) is 7.87. The molecule has 3 nitrogen and oxygen atoms in total. The van der Waals surface area contributed by atoms with Crippen LogP contribution in [0.15, 0.2) is 0 Å². The molecule has 1 N–H and O–H groups in total. The molecule has 1 aliphatic heterocycles. The Bertz CT molecular complexity index is 204. The lowest BCUT2D eigenvalue weighted by Crippen LogP contribution is -2.42. The maximum absolute atomic E-state index is 3.64. The molecule has 0 amide bonds. The molecule has 1 rings (SSSR count). The van der Waals surface area contributed by atoms with Gasteiger partial charge in [0.2, 0.25) is 0 Å². The molecule has 1 heterocycles. The molecular formula is C15H33N3. The molecule has 0 aromatic rings. The van der Waals surface area contributed by atoms with E-state index in [0.717, 1.165) is 12.6 Å². The third-order valence-electron chi connectivity index (χ3n) is 4.34. The monoisotopic (exact) mass is 255 g/mol. The van der Waals surface area contributed by atoms with Gasteiger partial charge in [-0.05, 0) is 45.8 Å². The molecule has 0 saturated carbocycles. The third-order valence-corrected chi connectivity index (χ3v) is 4.34. The zero-order valence-corrected chi connectivity index (χ0v) is 12.9. The van der Waals surface area contributed by atoms with Crippen LogP contribution in [0.5, 0.6) is 0 Å². The summed E-state index contributed by atoms with van der Waals surface area (Å²) in [5.74, 6) is 0. The molecule has 108 valence electrons. The molecule has 0 bridgehead atoms. The lowest BCUT2D eigenvalue weighted by molar-refractivity contribution is 0.197. The van der Waals surface area contributed by atoms with E-state index < -0.39 is 0 Å². The van der Waals surface area contributed by atoms with Crippen LogP contribution in [0.2, 0.25) is 0 Å². The standard InChI is InChI=1S/C15H33N3/c1-5-14(6-2)16-10-12-17(4)13-15-9-8-11-18(15)7-3/h14-16H,5-13H2,1-4H3. The Balaban J connectivity index is 2.15. The fourth-order valence-corrected chi connectivity index (χ4v) is 3.01. The number of hydrogen-bond donors (Lipinski definition) is 1. The number of likely N-dealkylation sites (N-methyl/N-ethyl adjacent to an activating group) is 2. The number of rotatable bonds is 9. The van der Waals surface area contributed by atoms with Gasteiger partial charge >= 0.3 is 0 Å². The van der Waals surface area contributed by atoms with Crippen molar-refractivity contribution in [3.05, 3.63) is 0 Å². The largest absolute Gasteiger partial charge is 0.313 e. The average molecular weight is 255 g/mol. The molecule has 1 fully saturated rings. The minimum Gasteiger partial charge on any atom is -0.313 e. The van der Waals surface area contributed by atoms with Crippen molar-refractivity contribution in [3.8, 4) is 0 Å². The van der Waals surface area contributed by atoms with Gasteiger partial charge in [0.05, 0.1) is 0 Å². The molecule has 0 aromatic heterocycles. The molecule has 0 aliphatic carbocycles. The summed E-state index contributed by atoms with van der Waals surface area (Å²) >= 11 is 0. The summed E-state index contributed by atoms with van der Waals surface area (Å²) in [6.45, 7) is 12.9. The molecule has 3 heteroatoms. The van der Waals surface area contributed by atoms with Crippen molar-refractivity contribution in [2.45, 2.75) is 58.5 Å². The second-order valence-electron chi connectivity index (χ2n) is 5.65. The van der Waals surface area contributed by atoms with Gasteiger partial charge in [-0.2, -0.15) is 0 Å². The van der Waals surface area contributed by atoms with Gasteiger partial charge in [-0.1, -0.05) is 20.8 Å². The van der Waals surface area contributed by atoms with Gasteiger partial charge in [0.25, 0.3) is 0 Å². The van der Waals surface area contributed by atoms with E-state index in [4.69, 9.17) is 0 Å². The highest BCUT2D eigenvalue weighted by Crippen LogP contribution is 2.16. The first-order valence-electron chi connectivity index (χ1n) is 7.87. The van der Waals surface area contributed by atoms with Gasteiger partial charge in [-0.15, -0.1) is 0 Å². The zero-order valence-electron chi connectivity index (χ0n) is 12.9. The maximum atomic E-state index is 3.64. The molecule has 0 aromatic carbocycles. The fraction of sp³-hybridized carbons (Fsp3) is 1.00.